The number of hydrogen-bond donors (Lipinski definition) is 1. The molecule has 5 rings (SSSR count). The van der Waals surface area contributed by atoms with E-state index in [0.29, 0.717) is 22.4 Å². The smallest absolute Gasteiger partial charge is 0.246 e. The van der Waals surface area contributed by atoms with E-state index in [4.69, 9.17) is 4.98 Å². The van der Waals surface area contributed by atoms with Crippen molar-refractivity contribution in [2.45, 2.75) is 5.16 Å². The van der Waals surface area contributed by atoms with Crippen molar-refractivity contribution in [3.05, 3.63) is 118 Å². The quantitative estimate of drug-likeness (QED) is 0.303. The fourth-order valence-electron chi connectivity index (χ4n) is 3.60. The van der Waals surface area contributed by atoms with E-state index in [1.807, 2.05) is 73.0 Å². The summed E-state index contributed by atoms with van der Waals surface area (Å²) >= 11 is 1.39. The van der Waals surface area contributed by atoms with Crippen LogP contribution in [0.1, 0.15) is 5.56 Å². The van der Waals surface area contributed by atoms with E-state index in [1.165, 1.54) is 16.4 Å². The van der Waals surface area contributed by atoms with Gasteiger partial charge in [-0.15, -0.1) is 0 Å². The lowest BCUT2D eigenvalue weighted by Crippen LogP contribution is -2.27. The van der Waals surface area contributed by atoms with Crippen LogP contribution in [0.3, 0.4) is 0 Å². The maximum atomic E-state index is 13.5. The minimum absolute atomic E-state index is 0.347. The summed E-state index contributed by atoms with van der Waals surface area (Å²) in [6.45, 7) is 0. The Hall–Kier alpha value is -4.37. The standard InChI is InChI=1S/C25H20N6O2S/c1-34-24-27-21(19-13-7-3-8-14-19)22(30(24)26-17-18-11-5-2-6-12-18)31-25(33)29(23(32)28-31)20-15-9-4-10-16-20/h2-17H,1H3,(H,28,32)/b26-17+. The molecule has 0 aliphatic carbocycles. The lowest BCUT2D eigenvalue weighted by molar-refractivity contribution is 0.690. The number of para-hydroxylation sites is 1. The van der Waals surface area contributed by atoms with Crippen LogP contribution in [-0.4, -0.2) is 36.5 Å². The molecule has 0 aliphatic rings. The molecule has 5 aromatic rings. The number of H-pyrrole nitrogens is 1. The second-order valence-corrected chi connectivity index (χ2v) is 8.08. The Bertz CT molecular complexity index is 1560. The summed E-state index contributed by atoms with van der Waals surface area (Å²) in [6, 6.07) is 27.9. The molecule has 2 heterocycles. The van der Waals surface area contributed by atoms with Crippen molar-refractivity contribution in [2.75, 3.05) is 6.26 Å². The highest BCUT2D eigenvalue weighted by atomic mass is 32.2. The van der Waals surface area contributed by atoms with Gasteiger partial charge in [0.2, 0.25) is 0 Å². The van der Waals surface area contributed by atoms with Gasteiger partial charge in [0.15, 0.2) is 11.0 Å². The maximum Gasteiger partial charge on any atom is 0.357 e. The molecule has 0 unspecified atom stereocenters. The van der Waals surface area contributed by atoms with Gasteiger partial charge in [-0.1, -0.05) is 90.6 Å². The number of imidazole rings is 1. The molecule has 2 aromatic heterocycles. The van der Waals surface area contributed by atoms with Gasteiger partial charge in [-0.05, 0) is 24.0 Å². The van der Waals surface area contributed by atoms with Gasteiger partial charge in [0.25, 0.3) is 0 Å². The van der Waals surface area contributed by atoms with Crippen molar-refractivity contribution in [3.63, 3.8) is 0 Å². The Morgan fingerprint density at radius 1 is 0.882 bits per heavy atom. The maximum absolute atomic E-state index is 13.5. The number of nitrogens with one attached hydrogen (secondary N) is 1. The van der Waals surface area contributed by atoms with Crippen LogP contribution in [-0.2, 0) is 0 Å². The molecule has 8 nitrogen and oxygen atoms in total. The number of aromatic nitrogens is 5. The zero-order valence-electron chi connectivity index (χ0n) is 18.2. The summed E-state index contributed by atoms with van der Waals surface area (Å²) < 4.78 is 3.87. The predicted octanol–water partition coefficient (Wildman–Crippen LogP) is 3.78. The molecule has 0 atom stereocenters. The summed E-state index contributed by atoms with van der Waals surface area (Å²) in [7, 11) is 0. The molecule has 9 heteroatoms. The largest absolute Gasteiger partial charge is 0.357 e. The van der Waals surface area contributed by atoms with Crippen LogP contribution in [0.4, 0.5) is 0 Å². The Morgan fingerprint density at radius 3 is 2.15 bits per heavy atom. The molecule has 168 valence electrons. The third kappa shape index (κ3) is 3.93. The highest BCUT2D eigenvalue weighted by Gasteiger charge is 2.24. The lowest BCUT2D eigenvalue weighted by Gasteiger charge is -2.07. The third-order valence-electron chi connectivity index (χ3n) is 5.17. The molecular weight excluding hydrogens is 448 g/mol. The average molecular weight is 469 g/mol. The highest BCUT2D eigenvalue weighted by molar-refractivity contribution is 7.98. The van der Waals surface area contributed by atoms with Gasteiger partial charge in [-0.3, -0.25) is 0 Å². The molecule has 3 aromatic carbocycles. The van der Waals surface area contributed by atoms with E-state index in [2.05, 4.69) is 10.2 Å². The predicted molar refractivity (Wildman–Crippen MR) is 134 cm³/mol. The lowest BCUT2D eigenvalue weighted by atomic mass is 10.1. The molecule has 0 radical (unpaired) electrons. The third-order valence-corrected chi connectivity index (χ3v) is 5.80. The fraction of sp³-hybridized carbons (Fsp3) is 0.0400. The van der Waals surface area contributed by atoms with Crippen molar-refractivity contribution in [1.29, 1.82) is 0 Å². The molecule has 0 spiro atoms. The SMILES string of the molecule is CSc1nc(-c2ccccc2)c(-n2[nH]c(=O)n(-c3ccccc3)c2=O)n1/N=C/c1ccccc1. The van der Waals surface area contributed by atoms with E-state index in [1.54, 1.807) is 35.2 Å². The Kier molecular flexibility index (Phi) is 5.84. The summed E-state index contributed by atoms with van der Waals surface area (Å²) in [5, 5.41) is 7.89. The van der Waals surface area contributed by atoms with Crippen molar-refractivity contribution in [1.82, 2.24) is 24.0 Å². The molecule has 0 aliphatic heterocycles. The summed E-state index contributed by atoms with van der Waals surface area (Å²) in [5.41, 5.74) is 1.58. The number of benzene rings is 3. The molecular formula is C25H20N6O2S. The van der Waals surface area contributed by atoms with E-state index >= 15 is 0 Å². The normalized spacial score (nSPS) is 11.3. The van der Waals surface area contributed by atoms with E-state index < -0.39 is 11.4 Å². The fourth-order valence-corrected chi connectivity index (χ4v) is 4.09. The van der Waals surface area contributed by atoms with Gasteiger partial charge in [0, 0.05) is 5.56 Å². The minimum Gasteiger partial charge on any atom is -0.246 e. The van der Waals surface area contributed by atoms with Gasteiger partial charge in [-0.25, -0.2) is 24.2 Å². The van der Waals surface area contributed by atoms with Gasteiger partial charge in [-0.2, -0.15) is 14.5 Å². The second-order valence-electron chi connectivity index (χ2n) is 7.31. The van der Waals surface area contributed by atoms with Crippen LogP contribution < -0.4 is 11.4 Å². The number of aromatic amines is 1. The minimum atomic E-state index is -0.555. The van der Waals surface area contributed by atoms with Crippen molar-refractivity contribution in [3.8, 4) is 22.8 Å². The molecule has 0 amide bonds. The molecule has 0 bridgehead atoms. The van der Waals surface area contributed by atoms with E-state index in [9.17, 15) is 9.59 Å². The van der Waals surface area contributed by atoms with Crippen LogP contribution in [0.25, 0.3) is 22.8 Å². The number of hydrogen-bond acceptors (Lipinski definition) is 5. The van der Waals surface area contributed by atoms with E-state index in [-0.39, 0.29) is 0 Å². The van der Waals surface area contributed by atoms with Gasteiger partial charge >= 0.3 is 11.4 Å². The van der Waals surface area contributed by atoms with Crippen molar-refractivity contribution < 1.29 is 0 Å². The van der Waals surface area contributed by atoms with Gasteiger partial charge in [0.1, 0.15) is 5.69 Å². The van der Waals surface area contributed by atoms with Crippen molar-refractivity contribution >= 4 is 18.0 Å². The molecule has 34 heavy (non-hydrogen) atoms. The van der Waals surface area contributed by atoms with Crippen LogP contribution in [0, 0.1) is 0 Å². The number of thioether (sulfide) groups is 1. The Morgan fingerprint density at radius 2 is 1.50 bits per heavy atom. The monoisotopic (exact) mass is 468 g/mol. The summed E-state index contributed by atoms with van der Waals surface area (Å²) in [4.78, 5) is 31.1. The van der Waals surface area contributed by atoms with Crippen LogP contribution in [0.2, 0.25) is 0 Å². The Labute approximate surface area is 198 Å². The summed E-state index contributed by atoms with van der Waals surface area (Å²) in [6.07, 6.45) is 3.58. The van der Waals surface area contributed by atoms with Crippen LogP contribution in [0.15, 0.2) is 111 Å². The number of nitrogens with zero attached hydrogens (tertiary/aromatic N) is 5. The average Bonchev–Trinajstić information content (AvgIpc) is 3.40. The summed E-state index contributed by atoms with van der Waals surface area (Å²) in [5.74, 6) is 0.347. The van der Waals surface area contributed by atoms with E-state index in [0.717, 1.165) is 15.7 Å². The van der Waals surface area contributed by atoms with Crippen molar-refractivity contribution in [2.24, 2.45) is 5.10 Å². The topological polar surface area (TPSA) is 90.0 Å². The first-order chi connectivity index (χ1) is 16.7. The first-order valence-electron chi connectivity index (χ1n) is 10.5. The molecule has 0 saturated heterocycles. The first-order valence-corrected chi connectivity index (χ1v) is 11.7. The van der Waals surface area contributed by atoms with Crippen LogP contribution >= 0.6 is 11.8 Å². The first kappa shape index (κ1) is 21.5. The van der Waals surface area contributed by atoms with Crippen LogP contribution in [0.5, 0.6) is 0 Å². The van der Waals surface area contributed by atoms with Gasteiger partial charge in [0.05, 0.1) is 11.9 Å². The highest BCUT2D eigenvalue weighted by Crippen LogP contribution is 2.30. The zero-order valence-corrected chi connectivity index (χ0v) is 19.0. The molecule has 0 saturated carbocycles. The number of rotatable bonds is 6. The second kappa shape index (κ2) is 9.24. The molecule has 0 fully saturated rings. The Balaban J connectivity index is 1.77. The zero-order chi connectivity index (χ0) is 23.5. The van der Waals surface area contributed by atoms with Gasteiger partial charge < -0.3 is 0 Å². The molecule has 1 N–H and O–H groups in total.